The van der Waals surface area contributed by atoms with Crippen LogP contribution in [0.5, 0.6) is 5.75 Å². The van der Waals surface area contributed by atoms with Crippen LogP contribution in [0.3, 0.4) is 0 Å². The van der Waals surface area contributed by atoms with Gasteiger partial charge in [0, 0.05) is 17.5 Å². The summed E-state index contributed by atoms with van der Waals surface area (Å²) in [6.45, 7) is 1.23. The lowest BCUT2D eigenvalue weighted by Crippen LogP contribution is -2.60. The highest BCUT2D eigenvalue weighted by atomic mass is 16.7. The van der Waals surface area contributed by atoms with Crippen molar-refractivity contribution in [3.05, 3.63) is 40.2 Å². The van der Waals surface area contributed by atoms with Gasteiger partial charge in [-0.25, -0.2) is 4.79 Å². The first-order valence-corrected chi connectivity index (χ1v) is 7.42. The highest BCUT2D eigenvalue weighted by Crippen LogP contribution is 2.27. The molecule has 4 N–H and O–H groups in total. The number of aliphatic hydroxyl groups excluding tert-OH is 4. The summed E-state index contributed by atoms with van der Waals surface area (Å²) in [5, 5.41) is 39.4. The summed E-state index contributed by atoms with van der Waals surface area (Å²) >= 11 is 0. The van der Waals surface area contributed by atoms with Crippen LogP contribution in [0.25, 0.3) is 11.0 Å². The van der Waals surface area contributed by atoms with Crippen molar-refractivity contribution in [1.29, 1.82) is 0 Å². The van der Waals surface area contributed by atoms with Crippen LogP contribution in [0.2, 0.25) is 0 Å². The van der Waals surface area contributed by atoms with E-state index < -0.39 is 42.9 Å². The van der Waals surface area contributed by atoms with E-state index in [-0.39, 0.29) is 5.75 Å². The fourth-order valence-corrected chi connectivity index (χ4v) is 2.68. The number of ether oxygens (including phenoxy) is 2. The molecule has 0 saturated carbocycles. The third-order valence-corrected chi connectivity index (χ3v) is 4.02. The van der Waals surface area contributed by atoms with Gasteiger partial charge in [0.2, 0.25) is 6.29 Å². The molecule has 0 bridgehead atoms. The Balaban J connectivity index is 1.87. The molecule has 0 radical (unpaired) electrons. The van der Waals surface area contributed by atoms with Crippen LogP contribution in [0.15, 0.2) is 33.5 Å². The van der Waals surface area contributed by atoms with E-state index in [1.165, 1.54) is 12.1 Å². The van der Waals surface area contributed by atoms with Crippen molar-refractivity contribution < 1.29 is 34.3 Å². The Bertz CT molecular complexity index is 783. The molecular weight excluding hydrogens is 320 g/mol. The number of hydrogen-bond donors (Lipinski definition) is 4. The number of rotatable bonds is 3. The van der Waals surface area contributed by atoms with Crippen LogP contribution in [-0.2, 0) is 4.74 Å². The molecule has 0 amide bonds. The van der Waals surface area contributed by atoms with Crippen LogP contribution in [0, 0.1) is 6.92 Å². The lowest BCUT2D eigenvalue weighted by atomic mass is 9.99. The second kappa shape index (κ2) is 6.50. The average molecular weight is 338 g/mol. The highest BCUT2D eigenvalue weighted by molar-refractivity contribution is 5.81. The zero-order chi connectivity index (χ0) is 17.4. The third kappa shape index (κ3) is 3.02. The number of aliphatic hydroxyl groups is 4. The largest absolute Gasteiger partial charge is 0.462 e. The molecule has 5 atom stereocenters. The Kier molecular flexibility index (Phi) is 4.57. The number of hydrogen-bond acceptors (Lipinski definition) is 8. The molecular formula is C16H18O8. The van der Waals surface area contributed by atoms with Crippen molar-refractivity contribution in [3.63, 3.8) is 0 Å². The third-order valence-electron chi connectivity index (χ3n) is 4.02. The van der Waals surface area contributed by atoms with E-state index in [2.05, 4.69) is 0 Å². The molecule has 1 aromatic heterocycles. The van der Waals surface area contributed by atoms with Crippen LogP contribution < -0.4 is 10.4 Å². The quantitative estimate of drug-likeness (QED) is 0.540. The average Bonchev–Trinajstić information content (AvgIpc) is 2.55. The Hall–Kier alpha value is -1.97. The van der Waals surface area contributed by atoms with E-state index >= 15 is 0 Å². The summed E-state index contributed by atoms with van der Waals surface area (Å²) in [5.74, 6) is 0.237. The topological polar surface area (TPSA) is 130 Å². The SMILES string of the molecule is Cc1cc(=O)oc2cc(O[C@@H]3O[C@@H](CO)[C@H](O)[C@H](O)[C@H]3O)ccc12. The number of aryl methyl sites for hydroxylation is 1. The monoisotopic (exact) mass is 338 g/mol. The Morgan fingerprint density at radius 3 is 2.58 bits per heavy atom. The molecule has 1 aliphatic rings. The predicted molar refractivity (Wildman–Crippen MR) is 81.6 cm³/mol. The molecule has 0 unspecified atom stereocenters. The first-order chi connectivity index (χ1) is 11.4. The van der Waals surface area contributed by atoms with E-state index in [0.717, 1.165) is 10.9 Å². The summed E-state index contributed by atoms with van der Waals surface area (Å²) in [6.07, 6.45) is -6.85. The zero-order valence-corrected chi connectivity index (χ0v) is 12.8. The predicted octanol–water partition coefficient (Wildman–Crippen LogP) is -0.720. The molecule has 24 heavy (non-hydrogen) atoms. The molecule has 1 saturated heterocycles. The Morgan fingerprint density at radius 2 is 1.88 bits per heavy atom. The van der Waals surface area contributed by atoms with Crippen molar-refractivity contribution >= 4 is 11.0 Å². The molecule has 0 spiro atoms. The van der Waals surface area contributed by atoms with Crippen molar-refractivity contribution in [2.24, 2.45) is 0 Å². The standard InChI is InChI=1S/C16H18O8/c1-7-4-12(18)23-10-5-8(2-3-9(7)10)22-16-15(21)14(20)13(19)11(6-17)24-16/h2-5,11,13-17,19-21H,6H2,1H3/t11-,13-,14-,15+,16+/m0/s1. The lowest BCUT2D eigenvalue weighted by molar-refractivity contribution is -0.277. The molecule has 130 valence electrons. The Morgan fingerprint density at radius 1 is 1.12 bits per heavy atom. The molecule has 1 aliphatic heterocycles. The van der Waals surface area contributed by atoms with E-state index in [0.29, 0.717) is 5.58 Å². The van der Waals surface area contributed by atoms with E-state index in [1.807, 2.05) is 0 Å². The lowest BCUT2D eigenvalue weighted by Gasteiger charge is -2.39. The molecule has 8 heteroatoms. The molecule has 3 rings (SSSR count). The molecule has 8 nitrogen and oxygen atoms in total. The van der Waals surface area contributed by atoms with Crippen LogP contribution in [-0.4, -0.2) is 57.7 Å². The van der Waals surface area contributed by atoms with Gasteiger partial charge in [-0.1, -0.05) is 0 Å². The highest BCUT2D eigenvalue weighted by Gasteiger charge is 2.44. The minimum absolute atomic E-state index is 0.237. The van der Waals surface area contributed by atoms with E-state index in [9.17, 15) is 20.1 Å². The maximum absolute atomic E-state index is 11.5. The summed E-state index contributed by atoms with van der Waals surface area (Å²) in [6, 6.07) is 6.12. The van der Waals surface area contributed by atoms with Crippen molar-refractivity contribution in [2.45, 2.75) is 37.6 Å². The second-order valence-electron chi connectivity index (χ2n) is 5.72. The zero-order valence-electron chi connectivity index (χ0n) is 12.8. The summed E-state index contributed by atoms with van der Waals surface area (Å²) < 4.78 is 15.9. The van der Waals surface area contributed by atoms with Gasteiger partial charge in [-0.05, 0) is 24.6 Å². The molecule has 0 aliphatic carbocycles. The first-order valence-electron chi connectivity index (χ1n) is 7.42. The molecule has 2 aromatic rings. The fraction of sp³-hybridized carbons (Fsp3) is 0.438. The van der Waals surface area contributed by atoms with Crippen molar-refractivity contribution in [3.8, 4) is 5.75 Å². The minimum Gasteiger partial charge on any atom is -0.462 e. The Labute approximate surface area is 136 Å². The smallest absolute Gasteiger partial charge is 0.336 e. The normalized spacial score (nSPS) is 30.5. The maximum atomic E-state index is 11.5. The molecule has 1 fully saturated rings. The van der Waals surface area contributed by atoms with Gasteiger partial charge in [0.1, 0.15) is 35.7 Å². The van der Waals surface area contributed by atoms with Crippen LogP contribution >= 0.6 is 0 Å². The van der Waals surface area contributed by atoms with Gasteiger partial charge < -0.3 is 34.3 Å². The summed E-state index contributed by atoms with van der Waals surface area (Å²) in [5.41, 5.74) is 0.563. The van der Waals surface area contributed by atoms with Gasteiger partial charge in [0.25, 0.3) is 0 Å². The first kappa shape index (κ1) is 16.9. The van der Waals surface area contributed by atoms with E-state index in [1.54, 1.807) is 19.1 Å². The van der Waals surface area contributed by atoms with Crippen molar-refractivity contribution in [2.75, 3.05) is 6.61 Å². The summed E-state index contributed by atoms with van der Waals surface area (Å²) in [4.78, 5) is 11.5. The number of fused-ring (bicyclic) bond motifs is 1. The molecule has 1 aromatic carbocycles. The second-order valence-corrected chi connectivity index (χ2v) is 5.72. The van der Waals surface area contributed by atoms with Crippen LogP contribution in [0.1, 0.15) is 5.56 Å². The maximum Gasteiger partial charge on any atom is 0.336 e. The molecule has 2 heterocycles. The van der Waals surface area contributed by atoms with E-state index in [4.69, 9.17) is 19.0 Å². The van der Waals surface area contributed by atoms with Gasteiger partial charge >= 0.3 is 5.63 Å². The minimum atomic E-state index is -1.53. The number of benzene rings is 1. The van der Waals surface area contributed by atoms with Crippen molar-refractivity contribution in [1.82, 2.24) is 0 Å². The fourth-order valence-electron chi connectivity index (χ4n) is 2.68. The van der Waals surface area contributed by atoms with Gasteiger partial charge in [-0.15, -0.1) is 0 Å². The summed E-state index contributed by atoms with van der Waals surface area (Å²) in [7, 11) is 0. The van der Waals surface area contributed by atoms with Gasteiger partial charge in [-0.3, -0.25) is 0 Å². The van der Waals surface area contributed by atoms with Gasteiger partial charge in [-0.2, -0.15) is 0 Å². The van der Waals surface area contributed by atoms with Gasteiger partial charge in [0.15, 0.2) is 0 Å². The van der Waals surface area contributed by atoms with Crippen LogP contribution in [0.4, 0.5) is 0 Å². The van der Waals surface area contributed by atoms with Gasteiger partial charge in [0.05, 0.1) is 6.61 Å².